The van der Waals surface area contributed by atoms with Crippen molar-refractivity contribution in [1.29, 1.82) is 0 Å². The molecule has 0 radical (unpaired) electrons. The minimum atomic E-state index is -0.0961. The lowest BCUT2D eigenvalue weighted by atomic mass is 9.87. The van der Waals surface area contributed by atoms with E-state index in [1.165, 1.54) is 10.5 Å². The largest absolute Gasteiger partial charge is 0.361 e. The van der Waals surface area contributed by atoms with Crippen LogP contribution in [0.15, 0.2) is 48.7 Å². The molecule has 0 aliphatic carbocycles. The molecule has 1 aromatic heterocycles. The molecule has 3 rings (SSSR count). The summed E-state index contributed by atoms with van der Waals surface area (Å²) in [6.07, 6.45) is 3.37. The van der Waals surface area contributed by atoms with Crippen LogP contribution in [0, 0.1) is 0 Å². The minimum absolute atomic E-state index is 0.0483. The lowest BCUT2D eigenvalue weighted by Crippen LogP contribution is -3.06. The van der Waals surface area contributed by atoms with Gasteiger partial charge in [0.2, 0.25) is 5.91 Å². The fourth-order valence-corrected chi connectivity index (χ4v) is 3.94. The van der Waals surface area contributed by atoms with Gasteiger partial charge in [0.1, 0.15) is 0 Å². The number of benzene rings is 2. The number of nitrogens with one attached hydrogen (secondary N) is 3. The Morgan fingerprint density at radius 1 is 1.14 bits per heavy atom. The number of fused-ring (bicyclic) bond motifs is 1. The number of hydrogen-bond acceptors (Lipinski definition) is 1. The molecule has 148 valence electrons. The Labute approximate surface area is 171 Å². The monoisotopic (exact) mass is 398 g/mol. The summed E-state index contributed by atoms with van der Waals surface area (Å²) in [7, 11) is 4.16. The van der Waals surface area contributed by atoms with E-state index in [2.05, 4.69) is 49.5 Å². The van der Waals surface area contributed by atoms with Crippen molar-refractivity contribution < 1.29 is 9.69 Å². The van der Waals surface area contributed by atoms with Crippen LogP contribution in [0.4, 0.5) is 0 Å². The third-order valence-electron chi connectivity index (χ3n) is 5.21. The highest BCUT2D eigenvalue weighted by atomic mass is 35.5. The van der Waals surface area contributed by atoms with E-state index < -0.39 is 0 Å². The molecule has 3 N–H and O–H groups in total. The first-order chi connectivity index (χ1) is 13.5. The third kappa shape index (κ3) is 4.57. The van der Waals surface area contributed by atoms with Crippen molar-refractivity contribution in [2.24, 2.45) is 0 Å². The van der Waals surface area contributed by atoms with Crippen LogP contribution < -0.4 is 10.2 Å². The molecule has 28 heavy (non-hydrogen) atoms. The topological polar surface area (TPSA) is 49.3 Å². The second-order valence-electron chi connectivity index (χ2n) is 7.52. The normalized spacial score (nSPS) is 12.5. The Bertz CT molecular complexity index is 948. The van der Waals surface area contributed by atoms with Crippen molar-refractivity contribution in [3.8, 4) is 0 Å². The van der Waals surface area contributed by atoms with Gasteiger partial charge in [-0.25, -0.2) is 0 Å². The maximum atomic E-state index is 12.7. The number of likely N-dealkylation sites (N-methyl/N-ethyl adjacent to an activating group) is 1. The van der Waals surface area contributed by atoms with Crippen molar-refractivity contribution >= 4 is 28.4 Å². The average Bonchev–Trinajstić information content (AvgIpc) is 3.10. The smallest absolute Gasteiger partial charge is 0.221 e. The highest BCUT2D eigenvalue weighted by molar-refractivity contribution is 6.31. The Morgan fingerprint density at radius 2 is 1.93 bits per heavy atom. The van der Waals surface area contributed by atoms with E-state index in [1.807, 2.05) is 30.5 Å². The zero-order valence-corrected chi connectivity index (χ0v) is 17.6. The number of aromatic amines is 1. The van der Waals surface area contributed by atoms with Gasteiger partial charge >= 0.3 is 0 Å². The second kappa shape index (κ2) is 9.26. The molecule has 1 amide bonds. The molecular formula is C23H29ClN3O+. The number of hydrogen-bond donors (Lipinski definition) is 3. The van der Waals surface area contributed by atoms with E-state index >= 15 is 0 Å². The molecule has 0 unspecified atom stereocenters. The molecule has 3 aromatic rings. The van der Waals surface area contributed by atoms with E-state index in [0.29, 0.717) is 18.0 Å². The van der Waals surface area contributed by atoms with E-state index in [0.717, 1.165) is 35.0 Å². The maximum Gasteiger partial charge on any atom is 0.221 e. The van der Waals surface area contributed by atoms with Crippen molar-refractivity contribution in [1.82, 2.24) is 10.3 Å². The second-order valence-corrected chi connectivity index (χ2v) is 7.93. The molecule has 0 bridgehead atoms. The highest BCUT2D eigenvalue weighted by Gasteiger charge is 2.23. The van der Waals surface area contributed by atoms with Gasteiger partial charge in [-0.2, -0.15) is 0 Å². The van der Waals surface area contributed by atoms with Crippen LogP contribution in [0.1, 0.15) is 36.0 Å². The van der Waals surface area contributed by atoms with Crippen molar-refractivity contribution in [2.75, 3.05) is 27.2 Å². The fourth-order valence-electron chi connectivity index (χ4n) is 3.68. The van der Waals surface area contributed by atoms with Crippen LogP contribution in [0.3, 0.4) is 0 Å². The molecular weight excluding hydrogens is 370 g/mol. The van der Waals surface area contributed by atoms with Crippen molar-refractivity contribution in [2.45, 2.75) is 25.7 Å². The van der Waals surface area contributed by atoms with Gasteiger partial charge in [-0.15, -0.1) is 0 Å². The molecule has 4 nitrogen and oxygen atoms in total. The molecule has 0 aliphatic rings. The first kappa shape index (κ1) is 20.4. The molecule has 0 aliphatic heterocycles. The number of aromatic nitrogens is 1. The molecule has 0 saturated carbocycles. The van der Waals surface area contributed by atoms with Gasteiger partial charge in [0, 0.05) is 34.5 Å². The van der Waals surface area contributed by atoms with Crippen molar-refractivity contribution in [3.05, 3.63) is 70.4 Å². The number of para-hydroxylation sites is 1. The van der Waals surface area contributed by atoms with E-state index in [1.54, 1.807) is 0 Å². The van der Waals surface area contributed by atoms with E-state index in [9.17, 15) is 4.79 Å². The molecule has 1 heterocycles. The number of rotatable bonds is 8. The molecule has 0 saturated heterocycles. The number of quaternary nitrogens is 1. The molecule has 1 atom stereocenters. The summed E-state index contributed by atoms with van der Waals surface area (Å²) in [5, 5.41) is 4.91. The number of carbonyl (C=O) groups is 1. The van der Waals surface area contributed by atoms with Gasteiger partial charge in [0.05, 0.1) is 27.2 Å². The standard InChI is InChI=1S/C23H28ClN3O/c1-4-16-8-7-10-18-20(15-26-23(16)18)19(17-9-5-6-11-21(17)24)14-22(28)25-12-13-27(2)3/h5-11,15,19,26H,4,12-14H2,1-3H3,(H,25,28)/p+1/t19-/m1/s1. The Morgan fingerprint density at radius 3 is 2.64 bits per heavy atom. The zero-order chi connectivity index (χ0) is 20.1. The lowest BCUT2D eigenvalue weighted by molar-refractivity contribution is -0.856. The van der Waals surface area contributed by atoms with Gasteiger partial charge in [-0.05, 0) is 29.2 Å². The summed E-state index contributed by atoms with van der Waals surface area (Å²) >= 11 is 6.53. The van der Waals surface area contributed by atoms with Crippen molar-refractivity contribution in [3.63, 3.8) is 0 Å². The number of H-pyrrole nitrogens is 1. The third-order valence-corrected chi connectivity index (χ3v) is 5.55. The molecule has 2 aromatic carbocycles. The lowest BCUT2D eigenvalue weighted by Gasteiger charge is -2.19. The highest BCUT2D eigenvalue weighted by Crippen LogP contribution is 2.37. The summed E-state index contributed by atoms with van der Waals surface area (Å²) in [5.74, 6) is -0.0478. The Kier molecular flexibility index (Phi) is 6.76. The van der Waals surface area contributed by atoms with Gasteiger partial charge < -0.3 is 15.2 Å². The number of amides is 1. The van der Waals surface area contributed by atoms with Gasteiger partial charge in [-0.3, -0.25) is 4.79 Å². The first-order valence-electron chi connectivity index (χ1n) is 9.90. The summed E-state index contributed by atoms with van der Waals surface area (Å²) in [4.78, 5) is 17.4. The van der Waals surface area contributed by atoms with Gasteiger partial charge in [0.15, 0.2) is 0 Å². The summed E-state index contributed by atoms with van der Waals surface area (Å²) < 4.78 is 0. The van der Waals surface area contributed by atoms with Crippen LogP contribution in [-0.4, -0.2) is 38.1 Å². The summed E-state index contributed by atoms with van der Waals surface area (Å²) in [6.45, 7) is 3.72. The predicted molar refractivity (Wildman–Crippen MR) is 116 cm³/mol. The van der Waals surface area contributed by atoms with Gasteiger partial charge in [-0.1, -0.05) is 54.9 Å². The number of aryl methyl sites for hydroxylation is 1. The van der Waals surface area contributed by atoms with E-state index in [4.69, 9.17) is 11.6 Å². The molecule has 0 spiro atoms. The van der Waals surface area contributed by atoms with E-state index in [-0.39, 0.29) is 11.8 Å². The quantitative estimate of drug-likeness (QED) is 0.536. The van der Waals surface area contributed by atoms with Crippen LogP contribution in [0.5, 0.6) is 0 Å². The number of halogens is 1. The van der Waals surface area contributed by atoms with Crippen LogP contribution >= 0.6 is 11.6 Å². The summed E-state index contributed by atoms with van der Waals surface area (Å²) in [6, 6.07) is 14.2. The Balaban J connectivity index is 1.96. The average molecular weight is 399 g/mol. The minimum Gasteiger partial charge on any atom is -0.361 e. The molecule has 5 heteroatoms. The van der Waals surface area contributed by atoms with Crippen LogP contribution in [-0.2, 0) is 11.2 Å². The predicted octanol–water partition coefficient (Wildman–Crippen LogP) is 3.17. The summed E-state index contributed by atoms with van der Waals surface area (Å²) in [5.41, 5.74) is 4.53. The SMILES string of the molecule is CCc1cccc2c([C@H](CC(=O)NCC[NH+](C)C)c3ccccc3Cl)c[nH]c12. The van der Waals surface area contributed by atoms with Crippen LogP contribution in [0.2, 0.25) is 5.02 Å². The first-order valence-corrected chi connectivity index (χ1v) is 10.3. The fraction of sp³-hybridized carbons (Fsp3) is 0.348. The zero-order valence-electron chi connectivity index (χ0n) is 16.8. The molecule has 0 fully saturated rings. The number of carbonyl (C=O) groups excluding carboxylic acids is 1. The maximum absolute atomic E-state index is 12.7. The van der Waals surface area contributed by atoms with Crippen LogP contribution in [0.25, 0.3) is 10.9 Å². The Hall–Kier alpha value is -2.30. The van der Waals surface area contributed by atoms with Gasteiger partial charge in [0.25, 0.3) is 0 Å².